The van der Waals surface area contributed by atoms with Gasteiger partial charge in [-0.1, -0.05) is 5.92 Å². The Labute approximate surface area is 91.8 Å². The molecule has 0 spiro atoms. The van der Waals surface area contributed by atoms with E-state index in [4.69, 9.17) is 6.42 Å². The molecule has 0 bridgehead atoms. The van der Waals surface area contributed by atoms with Gasteiger partial charge in [-0.15, -0.1) is 6.42 Å². The van der Waals surface area contributed by atoms with Gasteiger partial charge in [0.1, 0.15) is 0 Å². The first kappa shape index (κ1) is 12.0. The number of hydrogen-bond donors (Lipinski definition) is 0. The van der Waals surface area contributed by atoms with Crippen LogP contribution >= 0.6 is 0 Å². The van der Waals surface area contributed by atoms with Crippen LogP contribution in [0.3, 0.4) is 0 Å². The Bertz CT molecular complexity index is 249. The first-order chi connectivity index (χ1) is 7.13. The van der Waals surface area contributed by atoms with Gasteiger partial charge in [0.25, 0.3) is 0 Å². The number of carbonyl (C=O) groups is 1. The molecule has 1 rings (SSSR count). The third kappa shape index (κ3) is 3.90. The second kappa shape index (κ2) is 5.74. The summed E-state index contributed by atoms with van der Waals surface area (Å²) in [6.07, 6.45) is 5.25. The van der Waals surface area contributed by atoms with Gasteiger partial charge in [0, 0.05) is 40.3 Å². The lowest BCUT2D eigenvalue weighted by Gasteiger charge is -2.33. The zero-order valence-electron chi connectivity index (χ0n) is 9.57. The maximum absolute atomic E-state index is 11.5. The molecule has 0 N–H and O–H groups in total. The topological polar surface area (TPSA) is 26.8 Å². The summed E-state index contributed by atoms with van der Waals surface area (Å²) >= 11 is 0. The minimum atomic E-state index is 0.167. The van der Waals surface area contributed by atoms with E-state index in [0.29, 0.717) is 6.54 Å². The van der Waals surface area contributed by atoms with E-state index in [1.807, 2.05) is 0 Å². The van der Waals surface area contributed by atoms with E-state index in [2.05, 4.69) is 15.7 Å². The first-order valence-electron chi connectivity index (χ1n) is 5.22. The van der Waals surface area contributed by atoms with Crippen LogP contribution in [0.2, 0.25) is 0 Å². The highest BCUT2D eigenvalue weighted by Gasteiger charge is 2.18. The number of amides is 1. The third-order valence-corrected chi connectivity index (χ3v) is 2.64. The lowest BCUT2D eigenvalue weighted by Crippen LogP contribution is -2.49. The molecular formula is C11H19N3O. The molecule has 0 atom stereocenters. The minimum Gasteiger partial charge on any atom is -0.348 e. The highest BCUT2D eigenvalue weighted by molar-refractivity contribution is 5.77. The fourth-order valence-electron chi connectivity index (χ4n) is 1.57. The Hall–Kier alpha value is -1.05. The molecule has 84 valence electrons. The molecule has 1 heterocycles. The molecule has 0 aromatic rings. The molecule has 0 unspecified atom stereocenters. The number of hydrogen-bond acceptors (Lipinski definition) is 3. The number of terminal acetylenes is 1. The maximum atomic E-state index is 11.5. The van der Waals surface area contributed by atoms with Crippen molar-refractivity contribution >= 4 is 5.91 Å². The van der Waals surface area contributed by atoms with E-state index in [9.17, 15) is 4.79 Å². The summed E-state index contributed by atoms with van der Waals surface area (Å²) in [6, 6.07) is 0. The van der Waals surface area contributed by atoms with Crippen molar-refractivity contribution in [2.24, 2.45) is 0 Å². The van der Waals surface area contributed by atoms with Crippen LogP contribution in [0.5, 0.6) is 0 Å². The molecule has 0 aromatic heterocycles. The molecule has 1 amide bonds. The summed E-state index contributed by atoms with van der Waals surface area (Å²) in [5.41, 5.74) is 0. The number of carbonyl (C=O) groups excluding carboxylic acids is 1. The summed E-state index contributed by atoms with van der Waals surface area (Å²) in [4.78, 5) is 17.5. The Morgan fingerprint density at radius 2 is 1.80 bits per heavy atom. The molecule has 0 aromatic carbocycles. The maximum Gasteiger partial charge on any atom is 0.236 e. The number of nitrogens with zero attached hydrogens (tertiary/aromatic N) is 3. The van der Waals surface area contributed by atoms with Gasteiger partial charge in [0.2, 0.25) is 5.91 Å². The van der Waals surface area contributed by atoms with Gasteiger partial charge in [0.15, 0.2) is 0 Å². The third-order valence-electron chi connectivity index (χ3n) is 2.64. The second-order valence-electron chi connectivity index (χ2n) is 4.04. The average Bonchev–Trinajstić information content (AvgIpc) is 2.21. The quantitative estimate of drug-likeness (QED) is 0.577. The van der Waals surface area contributed by atoms with E-state index in [1.165, 1.54) is 0 Å². The Morgan fingerprint density at radius 3 is 2.27 bits per heavy atom. The van der Waals surface area contributed by atoms with Crippen molar-refractivity contribution in [3.05, 3.63) is 0 Å². The van der Waals surface area contributed by atoms with Crippen LogP contribution in [-0.2, 0) is 4.79 Å². The van der Waals surface area contributed by atoms with Crippen LogP contribution in [0.1, 0.15) is 0 Å². The van der Waals surface area contributed by atoms with E-state index in [-0.39, 0.29) is 5.91 Å². The second-order valence-corrected chi connectivity index (χ2v) is 4.04. The number of rotatable bonds is 3. The first-order valence-corrected chi connectivity index (χ1v) is 5.22. The van der Waals surface area contributed by atoms with E-state index in [0.717, 1.165) is 32.7 Å². The van der Waals surface area contributed by atoms with E-state index < -0.39 is 0 Å². The van der Waals surface area contributed by atoms with Gasteiger partial charge < -0.3 is 4.90 Å². The highest BCUT2D eigenvalue weighted by Crippen LogP contribution is 2.01. The van der Waals surface area contributed by atoms with E-state index in [1.54, 1.807) is 19.0 Å². The summed E-state index contributed by atoms with van der Waals surface area (Å²) in [6.45, 7) is 5.03. The van der Waals surface area contributed by atoms with Gasteiger partial charge in [0.05, 0.1) is 13.1 Å². The predicted molar refractivity (Wildman–Crippen MR) is 60.4 cm³/mol. The smallest absolute Gasteiger partial charge is 0.236 e. The number of piperazine rings is 1. The highest BCUT2D eigenvalue weighted by atomic mass is 16.2. The molecule has 4 heteroatoms. The summed E-state index contributed by atoms with van der Waals surface area (Å²) in [7, 11) is 3.58. The minimum absolute atomic E-state index is 0.167. The molecular weight excluding hydrogens is 190 g/mol. The summed E-state index contributed by atoms with van der Waals surface area (Å²) < 4.78 is 0. The zero-order valence-corrected chi connectivity index (χ0v) is 9.57. The fourth-order valence-corrected chi connectivity index (χ4v) is 1.57. The molecule has 1 aliphatic heterocycles. The van der Waals surface area contributed by atoms with Crippen molar-refractivity contribution in [1.82, 2.24) is 14.7 Å². The molecule has 1 saturated heterocycles. The van der Waals surface area contributed by atoms with Crippen molar-refractivity contribution in [3.63, 3.8) is 0 Å². The molecule has 0 radical (unpaired) electrons. The average molecular weight is 209 g/mol. The van der Waals surface area contributed by atoms with Gasteiger partial charge in [-0.25, -0.2) is 0 Å². The largest absolute Gasteiger partial charge is 0.348 e. The molecule has 0 saturated carbocycles. The van der Waals surface area contributed by atoms with Crippen molar-refractivity contribution in [1.29, 1.82) is 0 Å². The molecule has 0 aliphatic carbocycles. The van der Waals surface area contributed by atoms with Gasteiger partial charge in [-0.3, -0.25) is 14.6 Å². The van der Waals surface area contributed by atoms with Gasteiger partial charge in [-0.2, -0.15) is 0 Å². The van der Waals surface area contributed by atoms with Crippen molar-refractivity contribution < 1.29 is 4.79 Å². The Kier molecular flexibility index (Phi) is 4.60. The van der Waals surface area contributed by atoms with Crippen LogP contribution in [0.25, 0.3) is 0 Å². The van der Waals surface area contributed by atoms with Crippen LogP contribution < -0.4 is 0 Å². The standard InChI is InChI=1S/C11H19N3O/c1-4-5-13-6-8-14(9-7-13)10-11(15)12(2)3/h1H,5-10H2,2-3H3. The lowest BCUT2D eigenvalue weighted by molar-refractivity contribution is -0.130. The van der Waals surface area contributed by atoms with Crippen LogP contribution in [-0.4, -0.2) is 74.0 Å². The molecule has 15 heavy (non-hydrogen) atoms. The SMILES string of the molecule is C#CCN1CCN(CC(=O)N(C)C)CC1. The van der Waals surface area contributed by atoms with Gasteiger partial charge >= 0.3 is 0 Å². The van der Waals surface area contributed by atoms with Crippen molar-refractivity contribution in [2.75, 3.05) is 53.4 Å². The van der Waals surface area contributed by atoms with Crippen molar-refractivity contribution in [3.8, 4) is 12.3 Å². The van der Waals surface area contributed by atoms with Crippen LogP contribution in [0, 0.1) is 12.3 Å². The predicted octanol–water partition coefficient (Wildman–Crippen LogP) is -0.675. The Balaban J connectivity index is 2.26. The van der Waals surface area contributed by atoms with Crippen LogP contribution in [0.4, 0.5) is 0 Å². The van der Waals surface area contributed by atoms with Crippen molar-refractivity contribution in [2.45, 2.75) is 0 Å². The lowest BCUT2D eigenvalue weighted by atomic mass is 10.3. The summed E-state index contributed by atoms with van der Waals surface area (Å²) in [5, 5.41) is 0. The molecule has 1 fully saturated rings. The number of likely N-dealkylation sites (N-methyl/N-ethyl adjacent to an activating group) is 1. The normalized spacial score (nSPS) is 18.5. The summed E-state index contributed by atoms with van der Waals surface area (Å²) in [5.74, 6) is 2.81. The Morgan fingerprint density at radius 1 is 1.27 bits per heavy atom. The molecule has 1 aliphatic rings. The zero-order chi connectivity index (χ0) is 11.3. The molecule has 4 nitrogen and oxygen atoms in total. The van der Waals surface area contributed by atoms with Gasteiger partial charge in [-0.05, 0) is 0 Å². The van der Waals surface area contributed by atoms with Crippen LogP contribution in [0.15, 0.2) is 0 Å². The fraction of sp³-hybridized carbons (Fsp3) is 0.727. The monoisotopic (exact) mass is 209 g/mol. The van der Waals surface area contributed by atoms with E-state index >= 15 is 0 Å².